The zero-order valence-corrected chi connectivity index (χ0v) is 15.3. The Morgan fingerprint density at radius 3 is 2.75 bits per heavy atom. The van der Waals surface area contributed by atoms with Crippen LogP contribution in [0.2, 0.25) is 0 Å². The molecule has 1 N–H and O–H groups in total. The van der Waals surface area contributed by atoms with Crippen molar-refractivity contribution in [3.05, 3.63) is 66.0 Å². The van der Waals surface area contributed by atoms with E-state index in [1.165, 1.54) is 5.56 Å². The van der Waals surface area contributed by atoms with Crippen molar-refractivity contribution in [2.75, 3.05) is 17.0 Å². The van der Waals surface area contributed by atoms with Gasteiger partial charge in [-0.15, -0.1) is 0 Å². The molecule has 3 heterocycles. The second-order valence-corrected chi connectivity index (χ2v) is 6.85. The molecule has 0 saturated heterocycles. The first-order chi connectivity index (χ1) is 13.7. The Balaban J connectivity index is 1.34. The molecule has 0 aliphatic carbocycles. The van der Waals surface area contributed by atoms with Crippen molar-refractivity contribution in [3.63, 3.8) is 0 Å². The van der Waals surface area contributed by atoms with Crippen LogP contribution in [0.3, 0.4) is 0 Å². The monoisotopic (exact) mass is 374 g/mol. The second-order valence-electron chi connectivity index (χ2n) is 6.85. The number of aromatic nitrogens is 2. The van der Waals surface area contributed by atoms with Crippen LogP contribution in [0.25, 0.3) is 0 Å². The molecule has 2 aliphatic rings. The van der Waals surface area contributed by atoms with Crippen LogP contribution in [0.4, 0.5) is 17.3 Å². The standard InChI is InChI=1S/C21H18N4O3/c1-13-8-14-4-2-3-5-17(14)25(13)20(26)15-10-22-21(23-11-15)24-16-6-7-18-19(9-16)28-12-27-18/h2-7,9-11,13H,8,12H2,1H3,(H,22,23,24). The molecule has 2 aromatic carbocycles. The van der Waals surface area contributed by atoms with E-state index < -0.39 is 0 Å². The van der Waals surface area contributed by atoms with E-state index in [1.807, 2.05) is 48.2 Å². The Hall–Kier alpha value is -3.61. The number of anilines is 3. The van der Waals surface area contributed by atoms with Crippen molar-refractivity contribution in [1.29, 1.82) is 0 Å². The lowest BCUT2D eigenvalue weighted by molar-refractivity contribution is 0.0981. The molecule has 5 rings (SSSR count). The minimum atomic E-state index is -0.0907. The Morgan fingerprint density at radius 1 is 1.11 bits per heavy atom. The highest BCUT2D eigenvalue weighted by Gasteiger charge is 2.31. The van der Waals surface area contributed by atoms with E-state index in [2.05, 4.69) is 21.4 Å². The fourth-order valence-corrected chi connectivity index (χ4v) is 3.62. The van der Waals surface area contributed by atoms with Gasteiger partial charge in [0.1, 0.15) is 0 Å². The van der Waals surface area contributed by atoms with Crippen LogP contribution >= 0.6 is 0 Å². The van der Waals surface area contributed by atoms with E-state index in [0.29, 0.717) is 23.0 Å². The molecule has 0 spiro atoms. The van der Waals surface area contributed by atoms with E-state index in [9.17, 15) is 4.79 Å². The number of carbonyl (C=O) groups is 1. The van der Waals surface area contributed by atoms with Gasteiger partial charge in [0, 0.05) is 35.9 Å². The van der Waals surface area contributed by atoms with Crippen LogP contribution < -0.4 is 19.7 Å². The second kappa shape index (κ2) is 6.53. The fourth-order valence-electron chi connectivity index (χ4n) is 3.62. The van der Waals surface area contributed by atoms with Gasteiger partial charge < -0.3 is 19.7 Å². The number of rotatable bonds is 3. The van der Waals surface area contributed by atoms with Crippen molar-refractivity contribution in [2.45, 2.75) is 19.4 Å². The van der Waals surface area contributed by atoms with Gasteiger partial charge in [0.15, 0.2) is 11.5 Å². The van der Waals surface area contributed by atoms with Crippen molar-refractivity contribution in [1.82, 2.24) is 9.97 Å². The largest absolute Gasteiger partial charge is 0.454 e. The minimum Gasteiger partial charge on any atom is -0.454 e. The smallest absolute Gasteiger partial charge is 0.261 e. The normalized spacial score (nSPS) is 16.8. The van der Waals surface area contributed by atoms with Crippen LogP contribution in [0, 0.1) is 0 Å². The average molecular weight is 374 g/mol. The summed E-state index contributed by atoms with van der Waals surface area (Å²) >= 11 is 0. The molecular weight excluding hydrogens is 356 g/mol. The molecule has 1 amide bonds. The molecule has 1 unspecified atom stereocenters. The van der Waals surface area contributed by atoms with E-state index in [-0.39, 0.29) is 18.7 Å². The summed E-state index contributed by atoms with van der Waals surface area (Å²) in [4.78, 5) is 23.4. The summed E-state index contributed by atoms with van der Waals surface area (Å²) in [5.74, 6) is 1.71. The summed E-state index contributed by atoms with van der Waals surface area (Å²) in [7, 11) is 0. The molecule has 0 bridgehead atoms. The van der Waals surface area contributed by atoms with Crippen LogP contribution in [0.15, 0.2) is 54.9 Å². The molecule has 0 saturated carbocycles. The lowest BCUT2D eigenvalue weighted by Crippen LogP contribution is -2.35. The SMILES string of the molecule is CC1Cc2ccccc2N1C(=O)c1cnc(Nc2ccc3c(c2)OCO3)nc1. The first kappa shape index (κ1) is 16.6. The van der Waals surface area contributed by atoms with Crippen molar-refractivity contribution < 1.29 is 14.3 Å². The number of hydrogen-bond donors (Lipinski definition) is 1. The molecule has 2 aliphatic heterocycles. The van der Waals surface area contributed by atoms with Gasteiger partial charge in [-0.05, 0) is 37.1 Å². The molecule has 28 heavy (non-hydrogen) atoms. The van der Waals surface area contributed by atoms with Crippen LogP contribution in [0.5, 0.6) is 11.5 Å². The van der Waals surface area contributed by atoms with Gasteiger partial charge in [0.25, 0.3) is 5.91 Å². The van der Waals surface area contributed by atoms with Crippen LogP contribution in [-0.2, 0) is 6.42 Å². The lowest BCUT2D eigenvalue weighted by atomic mass is 10.1. The predicted molar refractivity (Wildman–Crippen MR) is 104 cm³/mol. The van der Waals surface area contributed by atoms with E-state index in [0.717, 1.165) is 17.8 Å². The third-order valence-corrected chi connectivity index (χ3v) is 4.95. The van der Waals surface area contributed by atoms with Gasteiger partial charge in [-0.3, -0.25) is 4.79 Å². The Bertz CT molecular complexity index is 1050. The summed E-state index contributed by atoms with van der Waals surface area (Å²) in [6.45, 7) is 2.28. The van der Waals surface area contributed by atoms with Crippen molar-refractivity contribution >= 4 is 23.2 Å². The number of hydrogen-bond acceptors (Lipinski definition) is 6. The predicted octanol–water partition coefficient (Wildman–Crippen LogP) is 3.54. The third-order valence-electron chi connectivity index (χ3n) is 4.95. The number of para-hydroxylation sites is 1. The molecule has 0 radical (unpaired) electrons. The van der Waals surface area contributed by atoms with Crippen molar-refractivity contribution in [3.8, 4) is 11.5 Å². The van der Waals surface area contributed by atoms with Gasteiger partial charge in [-0.2, -0.15) is 0 Å². The first-order valence-corrected chi connectivity index (χ1v) is 9.09. The molecular formula is C21H18N4O3. The number of carbonyl (C=O) groups excluding carboxylic acids is 1. The lowest BCUT2D eigenvalue weighted by Gasteiger charge is -2.22. The molecule has 140 valence electrons. The van der Waals surface area contributed by atoms with E-state index in [4.69, 9.17) is 9.47 Å². The van der Waals surface area contributed by atoms with Crippen molar-refractivity contribution in [2.24, 2.45) is 0 Å². The molecule has 3 aromatic rings. The van der Waals surface area contributed by atoms with Gasteiger partial charge in [0.05, 0.1) is 5.56 Å². The highest BCUT2D eigenvalue weighted by molar-refractivity contribution is 6.07. The third kappa shape index (κ3) is 2.81. The summed E-state index contributed by atoms with van der Waals surface area (Å²) in [5.41, 5.74) is 3.39. The molecule has 0 fully saturated rings. The number of ether oxygens (including phenoxy) is 2. The zero-order chi connectivity index (χ0) is 19.1. The first-order valence-electron chi connectivity index (χ1n) is 9.09. The topological polar surface area (TPSA) is 76.6 Å². The quantitative estimate of drug-likeness (QED) is 0.756. The van der Waals surface area contributed by atoms with E-state index in [1.54, 1.807) is 12.4 Å². The molecule has 1 aromatic heterocycles. The molecule has 1 atom stereocenters. The van der Waals surface area contributed by atoms with Gasteiger partial charge in [-0.1, -0.05) is 18.2 Å². The summed E-state index contributed by atoms with van der Waals surface area (Å²) in [6.07, 6.45) is 3.96. The van der Waals surface area contributed by atoms with Gasteiger partial charge in [-0.25, -0.2) is 9.97 Å². The van der Waals surface area contributed by atoms with Crippen LogP contribution in [-0.4, -0.2) is 28.7 Å². The average Bonchev–Trinajstić information content (AvgIpc) is 3.31. The summed E-state index contributed by atoms with van der Waals surface area (Å²) in [6, 6.07) is 13.6. The summed E-state index contributed by atoms with van der Waals surface area (Å²) < 4.78 is 10.7. The number of amides is 1. The Labute approximate surface area is 161 Å². The van der Waals surface area contributed by atoms with Crippen LogP contribution in [0.1, 0.15) is 22.8 Å². The maximum absolute atomic E-state index is 13.0. The molecule has 7 heteroatoms. The minimum absolute atomic E-state index is 0.0907. The molecule has 7 nitrogen and oxygen atoms in total. The number of fused-ring (bicyclic) bond motifs is 2. The maximum Gasteiger partial charge on any atom is 0.261 e. The van der Waals surface area contributed by atoms with Gasteiger partial charge in [0.2, 0.25) is 12.7 Å². The number of nitrogens with zero attached hydrogens (tertiary/aromatic N) is 3. The highest BCUT2D eigenvalue weighted by atomic mass is 16.7. The number of nitrogens with one attached hydrogen (secondary N) is 1. The Morgan fingerprint density at radius 2 is 1.89 bits per heavy atom. The summed E-state index contributed by atoms with van der Waals surface area (Å²) in [5, 5.41) is 3.11. The fraction of sp³-hybridized carbons (Fsp3) is 0.190. The zero-order valence-electron chi connectivity index (χ0n) is 15.3. The highest BCUT2D eigenvalue weighted by Crippen LogP contribution is 2.35. The Kier molecular flexibility index (Phi) is 3.86. The van der Waals surface area contributed by atoms with E-state index >= 15 is 0 Å². The maximum atomic E-state index is 13.0. The van der Waals surface area contributed by atoms with Gasteiger partial charge >= 0.3 is 0 Å². The number of benzene rings is 2.